The Hall–Kier alpha value is -3.56. The summed E-state index contributed by atoms with van der Waals surface area (Å²) < 4.78 is 70.4. The van der Waals surface area contributed by atoms with E-state index in [4.69, 9.17) is 34.5 Å². The number of aromatic amines is 1. The number of nitrogens with one attached hydrogen (secondary N) is 1. The van der Waals surface area contributed by atoms with Gasteiger partial charge < -0.3 is 30.9 Å². The highest BCUT2D eigenvalue weighted by molar-refractivity contribution is 7.47. The normalized spacial score (nSPS) is 30.3. The molecule has 4 unspecified atom stereocenters. The Kier molecular flexibility index (Phi) is 8.14. The zero-order chi connectivity index (χ0) is 32.3. The van der Waals surface area contributed by atoms with Crippen molar-refractivity contribution < 1.29 is 51.5 Å². The van der Waals surface area contributed by atoms with Gasteiger partial charge in [-0.05, 0) is 6.92 Å². The average Bonchev–Trinajstić information content (AvgIpc) is 3.72. The Morgan fingerprint density at radius 2 is 1.93 bits per heavy atom. The summed E-state index contributed by atoms with van der Waals surface area (Å²) in [5.41, 5.74) is 8.38. The second kappa shape index (κ2) is 11.7. The van der Waals surface area contributed by atoms with Crippen LogP contribution in [-0.4, -0.2) is 97.2 Å². The number of aliphatic hydroxyl groups excluding tert-OH is 1. The van der Waals surface area contributed by atoms with Crippen LogP contribution >= 0.6 is 16.1 Å². The minimum absolute atomic E-state index is 0.00849. The second-order valence-electron chi connectivity index (χ2n) is 10.3. The van der Waals surface area contributed by atoms with Crippen LogP contribution in [-0.2, 0) is 32.2 Å². The molecule has 2 aliphatic heterocycles. The van der Waals surface area contributed by atoms with Gasteiger partial charge in [-0.1, -0.05) is 0 Å². The number of anilines is 2. The van der Waals surface area contributed by atoms with Gasteiger partial charge in [0.1, 0.15) is 24.1 Å². The highest BCUT2D eigenvalue weighted by Crippen LogP contribution is 2.52. The van der Waals surface area contributed by atoms with Crippen LogP contribution in [0.4, 0.5) is 16.2 Å². The monoisotopic (exact) mass is 675 g/mol. The number of hydrogen-bond acceptors (Lipinski definition) is 16. The van der Waals surface area contributed by atoms with E-state index in [1.54, 1.807) is 0 Å². The quantitative estimate of drug-likeness (QED) is 0.116. The van der Waals surface area contributed by atoms with Crippen LogP contribution in [0, 0.1) is 0 Å². The summed E-state index contributed by atoms with van der Waals surface area (Å²) in [5.74, 6) is -0.218. The Morgan fingerprint density at radius 3 is 2.67 bits per heavy atom. The van der Waals surface area contributed by atoms with E-state index in [1.807, 2.05) is 0 Å². The number of ether oxygens (including phenoxy) is 2. The maximum absolute atomic E-state index is 16.2. The SMILES string of the molecule is C[C@@]1(F)C(n2cnc3c(N)ncnc32)O[C@H](COP(=O)(O)O[C@@H]2C[C@@H](CO)OC2n2cnc3c(=O)[nH]c(N)nc32)[C@H]1O[P+](=O)O. The first-order chi connectivity index (χ1) is 21.3. The van der Waals surface area contributed by atoms with E-state index in [0.29, 0.717) is 0 Å². The molecule has 45 heavy (non-hydrogen) atoms. The number of aromatic nitrogens is 8. The van der Waals surface area contributed by atoms with Crippen molar-refractivity contribution >= 4 is 50.2 Å². The van der Waals surface area contributed by atoms with E-state index >= 15 is 4.39 Å². The number of fused-ring (bicyclic) bond motifs is 2. The average molecular weight is 675 g/mol. The molecule has 4 aromatic heterocycles. The Morgan fingerprint density at radius 1 is 1.20 bits per heavy atom. The molecule has 0 saturated carbocycles. The molecule has 0 amide bonds. The standard InChI is InChI=1S/C21H25FN10O11P2/c1-21(22)13(42-44(35)36)10(41-19(21)32-7-27-11-14(23)25-5-26-15(11)32)4-39-45(37,38)43-9-2-8(3-33)40-18(9)31-6-28-12-16(31)29-20(24)30-17(12)34/h5-10,13,18-19,33H,2-4H2,1H3,(H6-,23,24,25,26,29,30,34,35,36,37,38)/p+1/t8-,9+,10+,13+,18?,19?,21-/m0/s1. The van der Waals surface area contributed by atoms with Crippen LogP contribution in [0.3, 0.4) is 0 Å². The van der Waals surface area contributed by atoms with Gasteiger partial charge in [-0.3, -0.25) is 28.0 Å². The van der Waals surface area contributed by atoms with Crippen LogP contribution in [0.1, 0.15) is 25.8 Å². The molecule has 2 saturated heterocycles. The van der Waals surface area contributed by atoms with Crippen molar-refractivity contribution in [1.29, 1.82) is 0 Å². The number of nitrogens with two attached hydrogens (primary N) is 2. The molecule has 8 N–H and O–H groups in total. The largest absolute Gasteiger partial charge is 0.695 e. The third-order valence-corrected chi connectivity index (χ3v) is 8.69. The molecule has 0 aliphatic carbocycles. The van der Waals surface area contributed by atoms with Crippen molar-refractivity contribution in [2.24, 2.45) is 0 Å². The van der Waals surface area contributed by atoms with E-state index < -0.39 is 77.4 Å². The van der Waals surface area contributed by atoms with Crippen LogP contribution < -0.4 is 17.0 Å². The van der Waals surface area contributed by atoms with Crippen LogP contribution in [0.5, 0.6) is 0 Å². The summed E-state index contributed by atoms with van der Waals surface area (Å²) >= 11 is 0. The number of hydrogen-bond donors (Lipinski definition) is 6. The molecule has 0 spiro atoms. The number of phosphoric acid groups is 1. The number of phosphoric ester groups is 1. The summed E-state index contributed by atoms with van der Waals surface area (Å²) in [6.45, 7) is -0.312. The highest BCUT2D eigenvalue weighted by Gasteiger charge is 2.60. The molecule has 0 radical (unpaired) electrons. The van der Waals surface area contributed by atoms with Crippen molar-refractivity contribution in [2.45, 2.75) is 55.9 Å². The van der Waals surface area contributed by atoms with Gasteiger partial charge in [0.25, 0.3) is 5.56 Å². The van der Waals surface area contributed by atoms with Gasteiger partial charge in [0.05, 0.1) is 32.0 Å². The molecule has 0 aromatic carbocycles. The number of imidazole rings is 2. The third kappa shape index (κ3) is 5.81. The predicted octanol–water partition coefficient (Wildman–Crippen LogP) is -0.434. The van der Waals surface area contributed by atoms with Crippen molar-refractivity contribution in [3.63, 3.8) is 0 Å². The zero-order valence-corrected chi connectivity index (χ0v) is 24.8. The molecule has 4 aromatic rings. The van der Waals surface area contributed by atoms with Crippen molar-refractivity contribution in [1.82, 2.24) is 39.0 Å². The lowest BCUT2D eigenvalue weighted by Crippen LogP contribution is -2.41. The molecular weight excluding hydrogens is 649 g/mol. The molecule has 6 heterocycles. The van der Waals surface area contributed by atoms with Gasteiger partial charge >= 0.3 is 16.1 Å². The lowest BCUT2D eigenvalue weighted by Gasteiger charge is -2.24. The van der Waals surface area contributed by atoms with E-state index in [0.717, 1.165) is 13.3 Å². The fourth-order valence-corrected chi connectivity index (χ4v) is 6.78. The maximum atomic E-state index is 16.2. The highest BCUT2D eigenvalue weighted by atomic mass is 31.2. The number of nitrogen functional groups attached to an aromatic ring is 2. The molecule has 2 aliphatic rings. The summed E-state index contributed by atoms with van der Waals surface area (Å²) in [7, 11) is -8.40. The smallest absolute Gasteiger partial charge is 0.394 e. The summed E-state index contributed by atoms with van der Waals surface area (Å²) in [5, 5.41) is 9.69. The minimum Gasteiger partial charge on any atom is -0.394 e. The molecule has 24 heteroatoms. The minimum atomic E-state index is -5.04. The molecule has 6 rings (SSSR count). The van der Waals surface area contributed by atoms with E-state index in [1.165, 1.54) is 21.8 Å². The number of alkyl halides is 1. The molecule has 242 valence electrons. The Balaban J connectivity index is 1.22. The van der Waals surface area contributed by atoms with Crippen LogP contribution in [0.2, 0.25) is 0 Å². The fourth-order valence-electron chi connectivity index (χ4n) is 5.32. The molecule has 9 atom stereocenters. The zero-order valence-electron chi connectivity index (χ0n) is 23.0. The fraction of sp³-hybridized carbons (Fsp3) is 0.524. The molecule has 21 nitrogen and oxygen atoms in total. The van der Waals surface area contributed by atoms with Gasteiger partial charge in [0, 0.05) is 11.0 Å². The number of rotatable bonds is 10. The van der Waals surface area contributed by atoms with Gasteiger partial charge in [-0.2, -0.15) is 4.98 Å². The summed E-state index contributed by atoms with van der Waals surface area (Å²) in [6.07, 6.45) is -4.86. The second-order valence-corrected chi connectivity index (χ2v) is 12.4. The lowest BCUT2D eigenvalue weighted by atomic mass is 9.98. The number of halogens is 1. The number of H-pyrrole nitrogens is 1. The molecular formula is C21H26FN10O11P2+. The van der Waals surface area contributed by atoms with E-state index in [2.05, 4.69) is 29.9 Å². The van der Waals surface area contributed by atoms with Gasteiger partial charge in [-0.15, -0.1) is 9.42 Å². The number of aliphatic hydroxyl groups is 1. The van der Waals surface area contributed by atoms with E-state index in [9.17, 15) is 28.8 Å². The third-order valence-electron chi connectivity index (χ3n) is 7.27. The first kappa shape index (κ1) is 31.4. The Bertz CT molecular complexity index is 1870. The lowest BCUT2D eigenvalue weighted by molar-refractivity contribution is -0.0635. The topological polar surface area (TPSA) is 300 Å². The first-order valence-electron chi connectivity index (χ1n) is 13.0. The number of nitrogens with zero attached hydrogens (tertiary/aromatic N) is 7. The van der Waals surface area contributed by atoms with Gasteiger partial charge in [0.15, 0.2) is 46.9 Å². The van der Waals surface area contributed by atoms with E-state index in [-0.39, 0.29) is 40.5 Å². The van der Waals surface area contributed by atoms with Crippen LogP contribution in [0.15, 0.2) is 23.8 Å². The molecule has 0 bridgehead atoms. The first-order valence-corrected chi connectivity index (χ1v) is 15.7. The summed E-state index contributed by atoms with van der Waals surface area (Å²) in [4.78, 5) is 54.6. The van der Waals surface area contributed by atoms with Crippen LogP contribution in [0.25, 0.3) is 22.3 Å². The predicted molar refractivity (Wildman–Crippen MR) is 147 cm³/mol. The maximum Gasteiger partial charge on any atom is 0.695 e. The van der Waals surface area contributed by atoms with Crippen molar-refractivity contribution in [2.75, 3.05) is 24.7 Å². The molecule has 2 fully saturated rings. The van der Waals surface area contributed by atoms with Crippen molar-refractivity contribution in [3.05, 3.63) is 29.3 Å². The van der Waals surface area contributed by atoms with Gasteiger partial charge in [-0.25, -0.2) is 28.9 Å². The van der Waals surface area contributed by atoms with Gasteiger partial charge in [0.2, 0.25) is 5.95 Å². The summed E-state index contributed by atoms with van der Waals surface area (Å²) in [6, 6.07) is 0. The van der Waals surface area contributed by atoms with Crippen molar-refractivity contribution in [3.8, 4) is 0 Å². The Labute approximate surface area is 250 Å².